The number of rotatable bonds is 11. The SMILES string of the molecule is COc1cccc(NC(=O)CN(C)CCCCCn2nnc(-c3ccccc3)n2)c1. The van der Waals surface area contributed by atoms with Gasteiger partial charge in [0, 0.05) is 17.3 Å². The Morgan fingerprint density at radius 2 is 1.93 bits per heavy atom. The molecule has 0 radical (unpaired) electrons. The third kappa shape index (κ3) is 6.66. The van der Waals surface area contributed by atoms with Gasteiger partial charge in [-0.15, -0.1) is 10.2 Å². The van der Waals surface area contributed by atoms with Gasteiger partial charge in [-0.1, -0.05) is 42.8 Å². The number of nitrogens with zero attached hydrogens (tertiary/aromatic N) is 5. The summed E-state index contributed by atoms with van der Waals surface area (Å²) in [7, 11) is 3.56. The fourth-order valence-corrected chi connectivity index (χ4v) is 3.08. The highest BCUT2D eigenvalue weighted by atomic mass is 16.5. The molecule has 1 aromatic heterocycles. The average molecular weight is 409 g/mol. The first kappa shape index (κ1) is 21.4. The molecule has 1 heterocycles. The number of benzene rings is 2. The lowest BCUT2D eigenvalue weighted by atomic mass is 10.2. The Balaban J connectivity index is 1.31. The molecule has 0 fully saturated rings. The van der Waals surface area contributed by atoms with Crippen LogP contribution in [0.3, 0.4) is 0 Å². The Bertz CT molecular complexity index is 928. The number of likely N-dealkylation sites (N-methyl/N-ethyl adjacent to an activating group) is 1. The van der Waals surface area contributed by atoms with Crippen LogP contribution < -0.4 is 10.1 Å². The van der Waals surface area contributed by atoms with Crippen LogP contribution in [0.25, 0.3) is 11.4 Å². The molecule has 0 aliphatic carbocycles. The van der Waals surface area contributed by atoms with Gasteiger partial charge in [-0.05, 0) is 43.8 Å². The van der Waals surface area contributed by atoms with Crippen LogP contribution in [0, 0.1) is 0 Å². The van der Waals surface area contributed by atoms with Crippen LogP contribution >= 0.6 is 0 Å². The van der Waals surface area contributed by atoms with E-state index in [0.29, 0.717) is 12.4 Å². The van der Waals surface area contributed by atoms with Crippen LogP contribution in [0.15, 0.2) is 54.6 Å². The van der Waals surface area contributed by atoms with Gasteiger partial charge in [0.15, 0.2) is 0 Å². The van der Waals surface area contributed by atoms with Gasteiger partial charge in [-0.2, -0.15) is 4.80 Å². The maximum absolute atomic E-state index is 12.2. The maximum atomic E-state index is 12.2. The number of tetrazole rings is 1. The number of aromatic nitrogens is 4. The lowest BCUT2D eigenvalue weighted by Gasteiger charge is -2.16. The van der Waals surface area contributed by atoms with Gasteiger partial charge in [-0.3, -0.25) is 9.69 Å². The predicted molar refractivity (Wildman–Crippen MR) is 116 cm³/mol. The van der Waals surface area contributed by atoms with Crippen LogP contribution in [0.1, 0.15) is 19.3 Å². The van der Waals surface area contributed by atoms with E-state index in [-0.39, 0.29) is 5.91 Å². The molecular formula is C22H28N6O2. The molecule has 158 valence electrons. The highest BCUT2D eigenvalue weighted by Crippen LogP contribution is 2.16. The third-order valence-corrected chi connectivity index (χ3v) is 4.65. The number of hydrogen-bond donors (Lipinski definition) is 1. The number of unbranched alkanes of at least 4 members (excludes halogenated alkanes) is 2. The van der Waals surface area contributed by atoms with E-state index >= 15 is 0 Å². The number of anilines is 1. The fourth-order valence-electron chi connectivity index (χ4n) is 3.08. The van der Waals surface area contributed by atoms with Gasteiger partial charge < -0.3 is 10.1 Å². The van der Waals surface area contributed by atoms with Crippen molar-refractivity contribution in [1.29, 1.82) is 0 Å². The molecule has 1 N–H and O–H groups in total. The number of carbonyl (C=O) groups excluding carboxylic acids is 1. The smallest absolute Gasteiger partial charge is 0.238 e. The summed E-state index contributed by atoms with van der Waals surface area (Å²) in [5.74, 6) is 1.34. The molecule has 3 rings (SSSR count). The summed E-state index contributed by atoms with van der Waals surface area (Å²) >= 11 is 0. The summed E-state index contributed by atoms with van der Waals surface area (Å²) in [6.07, 6.45) is 3.00. The molecule has 0 saturated carbocycles. The molecular weight excluding hydrogens is 380 g/mol. The van der Waals surface area contributed by atoms with E-state index in [2.05, 4.69) is 20.7 Å². The Morgan fingerprint density at radius 1 is 1.10 bits per heavy atom. The second-order valence-electron chi connectivity index (χ2n) is 7.15. The number of amides is 1. The van der Waals surface area contributed by atoms with Crippen molar-refractivity contribution in [3.63, 3.8) is 0 Å². The number of methoxy groups -OCH3 is 1. The zero-order valence-electron chi connectivity index (χ0n) is 17.5. The molecule has 0 unspecified atom stereocenters. The first-order valence-electron chi connectivity index (χ1n) is 10.1. The number of hydrogen-bond acceptors (Lipinski definition) is 6. The zero-order chi connectivity index (χ0) is 21.2. The van der Waals surface area contributed by atoms with Crippen LogP contribution in [0.4, 0.5) is 5.69 Å². The van der Waals surface area contributed by atoms with Crippen LogP contribution in [-0.4, -0.2) is 58.3 Å². The minimum Gasteiger partial charge on any atom is -0.497 e. The molecule has 0 spiro atoms. The quantitative estimate of drug-likeness (QED) is 0.491. The van der Waals surface area contributed by atoms with E-state index < -0.39 is 0 Å². The van der Waals surface area contributed by atoms with Crippen molar-refractivity contribution in [3.8, 4) is 17.1 Å². The molecule has 0 bridgehead atoms. The molecule has 3 aromatic rings. The Morgan fingerprint density at radius 3 is 2.73 bits per heavy atom. The highest BCUT2D eigenvalue weighted by molar-refractivity contribution is 5.92. The van der Waals surface area contributed by atoms with Gasteiger partial charge in [-0.25, -0.2) is 0 Å². The fraction of sp³-hybridized carbons (Fsp3) is 0.364. The molecule has 0 aliphatic rings. The van der Waals surface area contributed by atoms with E-state index in [1.54, 1.807) is 18.0 Å². The standard InChI is InChI=1S/C22H28N6O2/c1-27(17-21(29)23-19-12-9-13-20(16-19)30-2)14-7-4-8-15-28-25-22(24-26-28)18-10-5-3-6-11-18/h3,5-6,9-13,16H,4,7-8,14-15,17H2,1-2H3,(H,23,29). The normalized spacial score (nSPS) is 10.9. The maximum Gasteiger partial charge on any atom is 0.238 e. The number of aryl methyl sites for hydroxylation is 1. The first-order chi connectivity index (χ1) is 14.6. The van der Waals surface area contributed by atoms with Crippen molar-refractivity contribution in [3.05, 3.63) is 54.6 Å². The molecule has 8 heteroatoms. The van der Waals surface area contributed by atoms with E-state index in [1.165, 1.54) is 0 Å². The van der Waals surface area contributed by atoms with Gasteiger partial charge >= 0.3 is 0 Å². The molecule has 2 aromatic carbocycles. The van der Waals surface area contributed by atoms with Gasteiger partial charge in [0.05, 0.1) is 20.2 Å². The largest absolute Gasteiger partial charge is 0.497 e. The van der Waals surface area contributed by atoms with Gasteiger partial charge in [0.1, 0.15) is 5.75 Å². The van der Waals surface area contributed by atoms with Gasteiger partial charge in [0.2, 0.25) is 11.7 Å². The molecule has 1 amide bonds. The zero-order valence-corrected chi connectivity index (χ0v) is 17.5. The summed E-state index contributed by atoms with van der Waals surface area (Å²) in [5.41, 5.74) is 1.71. The molecule has 30 heavy (non-hydrogen) atoms. The highest BCUT2D eigenvalue weighted by Gasteiger charge is 2.08. The van der Waals surface area contributed by atoms with Crippen molar-refractivity contribution in [2.24, 2.45) is 0 Å². The Labute approximate surface area is 176 Å². The average Bonchev–Trinajstić information content (AvgIpc) is 3.23. The molecule has 8 nitrogen and oxygen atoms in total. The summed E-state index contributed by atoms with van der Waals surface area (Å²) < 4.78 is 5.17. The van der Waals surface area contributed by atoms with Crippen LogP contribution in [0.5, 0.6) is 5.75 Å². The summed E-state index contributed by atoms with van der Waals surface area (Å²) in [6, 6.07) is 17.2. The van der Waals surface area contributed by atoms with E-state index in [0.717, 1.165) is 49.4 Å². The van der Waals surface area contributed by atoms with Crippen LogP contribution in [0.2, 0.25) is 0 Å². The monoisotopic (exact) mass is 408 g/mol. The number of ether oxygens (including phenoxy) is 1. The minimum absolute atomic E-state index is 0.0361. The van der Waals surface area contributed by atoms with Crippen molar-refractivity contribution in [2.75, 3.05) is 32.6 Å². The first-order valence-corrected chi connectivity index (χ1v) is 10.1. The number of nitrogens with one attached hydrogen (secondary N) is 1. The number of carbonyl (C=O) groups is 1. The van der Waals surface area contributed by atoms with Crippen molar-refractivity contribution < 1.29 is 9.53 Å². The summed E-state index contributed by atoms with van der Waals surface area (Å²) in [4.78, 5) is 15.9. The lowest BCUT2D eigenvalue weighted by molar-refractivity contribution is -0.117. The third-order valence-electron chi connectivity index (χ3n) is 4.65. The molecule has 0 saturated heterocycles. The second-order valence-corrected chi connectivity index (χ2v) is 7.15. The second kappa shape index (κ2) is 11.1. The lowest BCUT2D eigenvalue weighted by Crippen LogP contribution is -2.30. The minimum atomic E-state index is -0.0361. The van der Waals surface area contributed by atoms with Crippen LogP contribution in [-0.2, 0) is 11.3 Å². The molecule has 0 aliphatic heterocycles. The molecule has 0 atom stereocenters. The van der Waals surface area contributed by atoms with Gasteiger partial charge in [0.25, 0.3) is 0 Å². The van der Waals surface area contributed by atoms with Crippen molar-refractivity contribution in [2.45, 2.75) is 25.8 Å². The van der Waals surface area contributed by atoms with E-state index in [1.807, 2.05) is 60.5 Å². The van der Waals surface area contributed by atoms with Crippen molar-refractivity contribution in [1.82, 2.24) is 25.1 Å². The van der Waals surface area contributed by atoms with E-state index in [4.69, 9.17) is 4.74 Å². The summed E-state index contributed by atoms with van der Waals surface area (Å²) in [6.45, 7) is 1.94. The van der Waals surface area contributed by atoms with Crippen molar-refractivity contribution >= 4 is 11.6 Å². The topological polar surface area (TPSA) is 85.2 Å². The Hall–Kier alpha value is -3.26. The summed E-state index contributed by atoms with van der Waals surface area (Å²) in [5, 5.41) is 15.6. The van der Waals surface area contributed by atoms with E-state index in [9.17, 15) is 4.79 Å². The Kier molecular flexibility index (Phi) is 7.91. The predicted octanol–water partition coefficient (Wildman–Crippen LogP) is 3.09.